The molecule has 3 rings (SSSR count). The van der Waals surface area contributed by atoms with E-state index in [9.17, 15) is 0 Å². The molecule has 3 heteroatoms. The number of hydrazone groups is 1. The van der Waals surface area contributed by atoms with Gasteiger partial charge in [-0.3, -0.25) is 5.43 Å². The van der Waals surface area contributed by atoms with Crippen molar-refractivity contribution in [2.75, 3.05) is 0 Å². The van der Waals surface area contributed by atoms with Crippen LogP contribution in [0.25, 0.3) is 5.70 Å². The number of hydrogen-bond donors (Lipinski definition) is 1. The molecular weight excluding hydrogens is 180 g/mol. The van der Waals surface area contributed by atoms with Gasteiger partial charge in [0.15, 0.2) is 0 Å². The molecule has 0 unspecified atom stereocenters. The second-order valence-corrected chi connectivity index (χ2v) is 4.44. The van der Waals surface area contributed by atoms with Crippen LogP contribution in [-0.4, -0.2) is 5.71 Å². The number of rotatable bonds is 1. The van der Waals surface area contributed by atoms with E-state index in [0.717, 1.165) is 5.70 Å². The van der Waals surface area contributed by atoms with Gasteiger partial charge in [-0.05, 0) is 24.3 Å². The van der Waals surface area contributed by atoms with Crippen molar-refractivity contribution < 1.29 is 0 Å². The smallest absolute Gasteiger partial charge is 0.0725 e. The van der Waals surface area contributed by atoms with Gasteiger partial charge in [-0.2, -0.15) is 5.10 Å². The maximum atomic E-state index is 4.36. The number of thiophene rings is 1. The van der Waals surface area contributed by atoms with Crippen molar-refractivity contribution in [2.24, 2.45) is 11.0 Å². The van der Waals surface area contributed by atoms with Gasteiger partial charge < -0.3 is 0 Å². The Hall–Kier alpha value is -1.09. The van der Waals surface area contributed by atoms with Crippen molar-refractivity contribution in [1.82, 2.24) is 5.43 Å². The van der Waals surface area contributed by atoms with Crippen LogP contribution in [-0.2, 0) is 0 Å². The molecule has 2 aliphatic rings. The van der Waals surface area contributed by atoms with Gasteiger partial charge in [0.1, 0.15) is 0 Å². The molecule has 0 atom stereocenters. The highest BCUT2D eigenvalue weighted by Crippen LogP contribution is 2.38. The van der Waals surface area contributed by atoms with Gasteiger partial charge in [-0.1, -0.05) is 6.58 Å². The Bertz CT molecular complexity index is 399. The molecule has 0 saturated heterocycles. The van der Waals surface area contributed by atoms with Gasteiger partial charge in [0.05, 0.1) is 16.3 Å². The quantitative estimate of drug-likeness (QED) is 0.722. The van der Waals surface area contributed by atoms with Crippen LogP contribution < -0.4 is 5.43 Å². The first-order chi connectivity index (χ1) is 6.36. The highest BCUT2D eigenvalue weighted by molar-refractivity contribution is 7.11. The molecule has 0 spiro atoms. The third kappa shape index (κ3) is 1.04. The van der Waals surface area contributed by atoms with E-state index in [1.165, 1.54) is 29.0 Å². The van der Waals surface area contributed by atoms with E-state index in [1.807, 2.05) is 0 Å². The SMILES string of the molecule is C=C1NN=C(C2CC2)c2ccsc21. The molecule has 2 nitrogen and oxygen atoms in total. The summed E-state index contributed by atoms with van der Waals surface area (Å²) in [4.78, 5) is 1.26. The Morgan fingerprint density at radius 3 is 3.15 bits per heavy atom. The third-order valence-electron chi connectivity index (χ3n) is 2.49. The van der Waals surface area contributed by atoms with Crippen molar-refractivity contribution in [3.8, 4) is 0 Å². The van der Waals surface area contributed by atoms with Crippen LogP contribution in [0.3, 0.4) is 0 Å². The molecule has 0 bridgehead atoms. The first kappa shape index (κ1) is 7.33. The molecular formula is C10H10N2S. The Kier molecular flexibility index (Phi) is 1.38. The lowest BCUT2D eigenvalue weighted by molar-refractivity contribution is 0.956. The fourth-order valence-corrected chi connectivity index (χ4v) is 2.48. The van der Waals surface area contributed by atoms with Crippen LogP contribution in [0.5, 0.6) is 0 Å². The maximum absolute atomic E-state index is 4.36. The Balaban J connectivity index is 2.12. The summed E-state index contributed by atoms with van der Waals surface area (Å²) in [6.07, 6.45) is 2.59. The molecule has 1 aliphatic carbocycles. The Labute approximate surface area is 81.0 Å². The zero-order valence-electron chi connectivity index (χ0n) is 7.21. The fourth-order valence-electron chi connectivity index (χ4n) is 1.65. The minimum absolute atomic E-state index is 0.703. The second kappa shape index (κ2) is 2.45. The number of nitrogens with zero attached hydrogens (tertiary/aromatic N) is 1. The van der Waals surface area contributed by atoms with E-state index in [4.69, 9.17) is 0 Å². The summed E-state index contributed by atoms with van der Waals surface area (Å²) in [5.74, 6) is 0.703. The van der Waals surface area contributed by atoms with Crippen molar-refractivity contribution in [1.29, 1.82) is 0 Å². The standard InChI is InChI=1S/C10H10N2S/c1-6-10-8(4-5-13-10)9(12-11-6)7-2-3-7/h4-5,7,11H,1-3H2. The summed E-state index contributed by atoms with van der Waals surface area (Å²) < 4.78 is 0. The lowest BCUT2D eigenvalue weighted by Crippen LogP contribution is -2.18. The normalized spacial score (nSPS) is 20.6. The minimum atomic E-state index is 0.703. The summed E-state index contributed by atoms with van der Waals surface area (Å²) in [6.45, 7) is 3.93. The summed E-state index contributed by atoms with van der Waals surface area (Å²) in [5.41, 5.74) is 6.48. The monoisotopic (exact) mass is 190 g/mol. The van der Waals surface area contributed by atoms with Gasteiger partial charge in [0.25, 0.3) is 0 Å². The predicted octanol–water partition coefficient (Wildman–Crippen LogP) is 2.44. The summed E-state index contributed by atoms with van der Waals surface area (Å²) in [6, 6.07) is 2.16. The molecule has 0 aromatic carbocycles. The van der Waals surface area contributed by atoms with Crippen LogP contribution in [0.2, 0.25) is 0 Å². The van der Waals surface area contributed by atoms with Crippen LogP contribution in [0, 0.1) is 5.92 Å². The lowest BCUT2D eigenvalue weighted by atomic mass is 10.1. The van der Waals surface area contributed by atoms with Crippen molar-refractivity contribution in [2.45, 2.75) is 12.8 Å². The number of fused-ring (bicyclic) bond motifs is 1. The van der Waals surface area contributed by atoms with E-state index >= 15 is 0 Å². The van der Waals surface area contributed by atoms with E-state index in [1.54, 1.807) is 11.3 Å². The summed E-state index contributed by atoms with van der Waals surface area (Å²) >= 11 is 1.74. The van der Waals surface area contributed by atoms with Gasteiger partial charge >= 0.3 is 0 Å². The molecule has 13 heavy (non-hydrogen) atoms. The molecule has 0 amide bonds. The molecule has 1 N–H and O–H groups in total. The van der Waals surface area contributed by atoms with Gasteiger partial charge in [0, 0.05) is 11.5 Å². The lowest BCUT2D eigenvalue weighted by Gasteiger charge is -2.15. The van der Waals surface area contributed by atoms with Crippen LogP contribution in [0.1, 0.15) is 23.3 Å². The predicted molar refractivity (Wildman–Crippen MR) is 55.7 cm³/mol. The first-order valence-electron chi connectivity index (χ1n) is 4.47. The average Bonchev–Trinajstić information content (AvgIpc) is 2.83. The van der Waals surface area contributed by atoms with Gasteiger partial charge in [-0.15, -0.1) is 11.3 Å². The molecule has 0 radical (unpaired) electrons. The maximum Gasteiger partial charge on any atom is 0.0725 e. The second-order valence-electron chi connectivity index (χ2n) is 3.53. The van der Waals surface area contributed by atoms with E-state index in [-0.39, 0.29) is 0 Å². The van der Waals surface area contributed by atoms with Crippen molar-refractivity contribution in [3.05, 3.63) is 28.5 Å². The van der Waals surface area contributed by atoms with Gasteiger partial charge in [-0.25, -0.2) is 0 Å². The van der Waals surface area contributed by atoms with Gasteiger partial charge in [0.2, 0.25) is 0 Å². The molecule has 2 heterocycles. The molecule has 1 fully saturated rings. The van der Waals surface area contributed by atoms with E-state index < -0.39 is 0 Å². The Morgan fingerprint density at radius 1 is 1.54 bits per heavy atom. The zero-order chi connectivity index (χ0) is 8.84. The number of nitrogens with one attached hydrogen (secondary N) is 1. The molecule has 66 valence electrons. The van der Waals surface area contributed by atoms with Crippen LogP contribution >= 0.6 is 11.3 Å². The van der Waals surface area contributed by atoms with E-state index in [0.29, 0.717) is 5.92 Å². The molecule has 1 aliphatic heterocycles. The van der Waals surface area contributed by atoms with Crippen LogP contribution in [0.4, 0.5) is 0 Å². The first-order valence-corrected chi connectivity index (χ1v) is 5.35. The highest BCUT2D eigenvalue weighted by atomic mass is 32.1. The third-order valence-corrected chi connectivity index (χ3v) is 3.46. The average molecular weight is 190 g/mol. The minimum Gasteiger partial charge on any atom is -0.277 e. The van der Waals surface area contributed by atoms with Crippen LogP contribution in [0.15, 0.2) is 23.1 Å². The molecule has 1 aromatic rings. The number of hydrogen-bond acceptors (Lipinski definition) is 3. The largest absolute Gasteiger partial charge is 0.277 e. The summed E-state index contributed by atoms with van der Waals surface area (Å²) in [7, 11) is 0. The van der Waals surface area contributed by atoms with Crippen molar-refractivity contribution >= 4 is 22.7 Å². The Morgan fingerprint density at radius 2 is 2.38 bits per heavy atom. The van der Waals surface area contributed by atoms with E-state index in [2.05, 4.69) is 28.6 Å². The van der Waals surface area contributed by atoms with Crippen molar-refractivity contribution in [3.63, 3.8) is 0 Å². The highest BCUT2D eigenvalue weighted by Gasteiger charge is 2.32. The topological polar surface area (TPSA) is 24.4 Å². The zero-order valence-corrected chi connectivity index (χ0v) is 8.03. The molecule has 1 saturated carbocycles. The summed E-state index contributed by atoms with van der Waals surface area (Å²) in [5, 5.41) is 6.47. The molecule has 1 aromatic heterocycles. The fraction of sp³-hybridized carbons (Fsp3) is 0.300.